The van der Waals surface area contributed by atoms with Gasteiger partial charge < -0.3 is 14.5 Å². The fourth-order valence-corrected chi connectivity index (χ4v) is 5.78. The molecule has 3 aliphatic rings. The van der Waals surface area contributed by atoms with E-state index in [1.165, 1.54) is 34.9 Å². The van der Waals surface area contributed by atoms with Crippen molar-refractivity contribution >= 4 is 22.6 Å². The molecule has 0 radical (unpaired) electrons. The summed E-state index contributed by atoms with van der Waals surface area (Å²) in [5, 5.41) is 15.0. The van der Waals surface area contributed by atoms with Crippen LogP contribution in [0.25, 0.3) is 10.9 Å². The van der Waals surface area contributed by atoms with Gasteiger partial charge in [0.1, 0.15) is 5.60 Å². The first-order chi connectivity index (χ1) is 16.9. The molecule has 0 amide bonds. The molecule has 35 heavy (non-hydrogen) atoms. The van der Waals surface area contributed by atoms with Gasteiger partial charge in [0.05, 0.1) is 16.8 Å². The summed E-state index contributed by atoms with van der Waals surface area (Å²) in [6, 6.07) is 14.3. The molecule has 1 saturated carbocycles. The molecule has 6 heteroatoms. The van der Waals surface area contributed by atoms with Gasteiger partial charge in [0.15, 0.2) is 0 Å². The number of para-hydroxylation sites is 1. The van der Waals surface area contributed by atoms with Crippen LogP contribution in [0.2, 0.25) is 0 Å². The monoisotopic (exact) mass is 471 g/mol. The summed E-state index contributed by atoms with van der Waals surface area (Å²) in [6.45, 7) is 7.49. The number of aromatic nitrogens is 1. The van der Waals surface area contributed by atoms with Crippen molar-refractivity contribution in [3.05, 3.63) is 70.9 Å². The zero-order valence-electron chi connectivity index (χ0n) is 20.5. The van der Waals surface area contributed by atoms with Crippen molar-refractivity contribution in [3.8, 4) is 0 Å². The van der Waals surface area contributed by atoms with Crippen molar-refractivity contribution < 1.29 is 14.7 Å². The molecular formula is C29H33N3O3. The molecule has 6 nitrogen and oxygen atoms in total. The smallest absolute Gasteiger partial charge is 0.335 e. The lowest BCUT2D eigenvalue weighted by atomic mass is 9.85. The molecule has 1 aromatic heterocycles. The summed E-state index contributed by atoms with van der Waals surface area (Å²) in [7, 11) is 0. The number of aromatic carboxylic acids is 1. The Hall–Kier alpha value is -3.12. The fourth-order valence-electron chi connectivity index (χ4n) is 5.78. The van der Waals surface area contributed by atoms with E-state index in [-0.39, 0.29) is 5.60 Å². The molecule has 0 atom stereocenters. The summed E-state index contributed by atoms with van der Waals surface area (Å²) in [6.07, 6.45) is 7.70. The number of nitrogens with zero attached hydrogens (tertiary/aromatic N) is 3. The van der Waals surface area contributed by atoms with E-state index in [9.17, 15) is 4.79 Å². The second-order valence-corrected chi connectivity index (χ2v) is 10.8. The molecule has 182 valence electrons. The van der Waals surface area contributed by atoms with Gasteiger partial charge in [-0.2, -0.15) is 0 Å². The number of piperidine rings is 1. The molecule has 6 rings (SSSR count). The lowest BCUT2D eigenvalue weighted by Crippen LogP contribution is -2.44. The van der Waals surface area contributed by atoms with Gasteiger partial charge in [-0.3, -0.25) is 4.90 Å². The maximum atomic E-state index is 11.1. The molecule has 2 aromatic carbocycles. The Labute approximate surface area is 206 Å². The van der Waals surface area contributed by atoms with Crippen LogP contribution in [-0.4, -0.2) is 44.9 Å². The Kier molecular flexibility index (Phi) is 5.44. The van der Waals surface area contributed by atoms with Crippen molar-refractivity contribution in [2.75, 3.05) is 13.1 Å². The van der Waals surface area contributed by atoms with Crippen LogP contribution < -0.4 is 0 Å². The van der Waals surface area contributed by atoms with Gasteiger partial charge in [0.25, 0.3) is 0 Å². The molecule has 1 N–H and O–H groups in total. The summed E-state index contributed by atoms with van der Waals surface area (Å²) >= 11 is 0. The number of oxime groups is 1. The Morgan fingerprint density at radius 1 is 1.14 bits per heavy atom. The zero-order chi connectivity index (χ0) is 24.2. The maximum absolute atomic E-state index is 11.1. The molecule has 2 aliphatic heterocycles. The van der Waals surface area contributed by atoms with Crippen molar-refractivity contribution in [3.63, 3.8) is 0 Å². The molecule has 1 saturated heterocycles. The zero-order valence-corrected chi connectivity index (χ0v) is 20.5. The van der Waals surface area contributed by atoms with E-state index in [2.05, 4.69) is 52.9 Å². The second-order valence-electron chi connectivity index (χ2n) is 10.8. The molecular weight excluding hydrogens is 438 g/mol. The van der Waals surface area contributed by atoms with Crippen molar-refractivity contribution in [2.45, 2.75) is 70.1 Å². The molecule has 2 fully saturated rings. The number of fused-ring (bicyclic) bond motifs is 1. The third-order valence-electron chi connectivity index (χ3n) is 8.01. The minimum atomic E-state index is -0.912. The van der Waals surface area contributed by atoms with E-state index in [0.29, 0.717) is 11.6 Å². The highest BCUT2D eigenvalue weighted by Crippen LogP contribution is 2.44. The Balaban J connectivity index is 1.14. The average Bonchev–Trinajstić information content (AvgIpc) is 3.53. The standard InChI is InChI=1S/C29H33N3O3/c1-19(2)32-18-23(25-5-3-4-24(27(25)32)20-6-7-20)17-31-14-12-29(13-15-31)16-26(30-35-29)21-8-10-22(11-9-21)28(33)34/h3-5,8-11,18-20H,6-7,12-17H2,1-2H3,(H,33,34). The Bertz CT molecular complexity index is 1290. The van der Waals surface area contributed by atoms with Crippen molar-refractivity contribution in [1.82, 2.24) is 9.47 Å². The van der Waals surface area contributed by atoms with Crippen LogP contribution in [0.4, 0.5) is 0 Å². The lowest BCUT2D eigenvalue weighted by molar-refractivity contribution is -0.0626. The van der Waals surface area contributed by atoms with E-state index >= 15 is 0 Å². The number of rotatable bonds is 6. The average molecular weight is 472 g/mol. The van der Waals surface area contributed by atoms with Gasteiger partial charge >= 0.3 is 5.97 Å². The van der Waals surface area contributed by atoms with Gasteiger partial charge in [-0.05, 0) is 61.4 Å². The Morgan fingerprint density at radius 3 is 2.54 bits per heavy atom. The number of benzene rings is 2. The van der Waals surface area contributed by atoms with Crippen LogP contribution in [0, 0.1) is 0 Å². The quantitative estimate of drug-likeness (QED) is 0.482. The predicted octanol–water partition coefficient (Wildman–Crippen LogP) is 5.96. The first kappa shape index (κ1) is 22.4. The molecule has 3 heterocycles. The highest BCUT2D eigenvalue weighted by molar-refractivity contribution is 6.02. The predicted molar refractivity (Wildman–Crippen MR) is 137 cm³/mol. The lowest BCUT2D eigenvalue weighted by Gasteiger charge is -2.37. The van der Waals surface area contributed by atoms with Gasteiger partial charge in [0, 0.05) is 56.5 Å². The largest absolute Gasteiger partial charge is 0.478 e. The summed E-state index contributed by atoms with van der Waals surface area (Å²) in [5.74, 6) is -0.173. The molecule has 3 aromatic rings. The Morgan fingerprint density at radius 2 is 1.89 bits per heavy atom. The number of hydrogen-bond acceptors (Lipinski definition) is 4. The van der Waals surface area contributed by atoms with Gasteiger partial charge in [-0.15, -0.1) is 0 Å². The minimum Gasteiger partial charge on any atom is -0.478 e. The summed E-state index contributed by atoms with van der Waals surface area (Å²) in [5.41, 5.74) is 6.32. The third kappa shape index (κ3) is 4.14. The van der Waals surface area contributed by atoms with E-state index in [0.717, 1.165) is 56.1 Å². The third-order valence-corrected chi connectivity index (χ3v) is 8.01. The van der Waals surface area contributed by atoms with Crippen molar-refractivity contribution in [2.24, 2.45) is 5.16 Å². The first-order valence-electron chi connectivity index (χ1n) is 12.9. The minimum absolute atomic E-state index is 0.234. The molecule has 1 aliphatic carbocycles. The molecule has 0 bridgehead atoms. The number of carboxylic acids is 1. The van der Waals surface area contributed by atoms with Crippen LogP contribution in [0.1, 0.15) is 85.0 Å². The second kappa shape index (κ2) is 8.52. The van der Waals surface area contributed by atoms with Gasteiger partial charge in [0.2, 0.25) is 0 Å². The first-order valence-corrected chi connectivity index (χ1v) is 12.9. The van der Waals surface area contributed by atoms with E-state index in [1.807, 2.05) is 12.1 Å². The normalized spacial score (nSPS) is 19.9. The van der Waals surface area contributed by atoms with Crippen LogP contribution >= 0.6 is 0 Å². The van der Waals surface area contributed by atoms with Crippen LogP contribution in [-0.2, 0) is 11.4 Å². The number of carbonyl (C=O) groups is 1. The highest BCUT2D eigenvalue weighted by Gasteiger charge is 2.42. The summed E-state index contributed by atoms with van der Waals surface area (Å²) in [4.78, 5) is 19.7. The topological polar surface area (TPSA) is 67.1 Å². The fraction of sp³-hybridized carbons (Fsp3) is 0.448. The van der Waals surface area contributed by atoms with Crippen LogP contribution in [0.5, 0.6) is 0 Å². The molecule has 0 unspecified atom stereocenters. The number of likely N-dealkylation sites (tertiary alicyclic amines) is 1. The van der Waals surface area contributed by atoms with Gasteiger partial charge in [-0.1, -0.05) is 35.5 Å². The van der Waals surface area contributed by atoms with E-state index in [1.54, 1.807) is 12.1 Å². The SMILES string of the molecule is CC(C)n1cc(CN2CCC3(CC2)CC(c2ccc(C(=O)O)cc2)=NO3)c2cccc(C3CC3)c21. The van der Waals surface area contributed by atoms with Gasteiger partial charge in [-0.25, -0.2) is 4.79 Å². The maximum Gasteiger partial charge on any atom is 0.335 e. The van der Waals surface area contributed by atoms with Crippen molar-refractivity contribution in [1.29, 1.82) is 0 Å². The van der Waals surface area contributed by atoms with E-state index in [4.69, 9.17) is 9.94 Å². The highest BCUT2D eigenvalue weighted by atomic mass is 16.7. The number of hydrogen-bond donors (Lipinski definition) is 1. The summed E-state index contributed by atoms with van der Waals surface area (Å²) < 4.78 is 2.49. The van der Waals surface area contributed by atoms with Crippen LogP contribution in [0.15, 0.2) is 53.8 Å². The molecule has 1 spiro atoms. The van der Waals surface area contributed by atoms with Crippen LogP contribution in [0.3, 0.4) is 0 Å². The van der Waals surface area contributed by atoms with E-state index < -0.39 is 5.97 Å². The number of carboxylic acid groups (broad SMARTS) is 1.